The molecular formula is C12H8BrN3O2. The summed E-state index contributed by atoms with van der Waals surface area (Å²) in [4.78, 5) is 0. The van der Waals surface area contributed by atoms with Crippen LogP contribution in [0.25, 0.3) is 22.4 Å². The molecule has 0 aliphatic carbocycles. The largest absolute Gasteiger partial charge is 0.495 e. The number of fused-ring (bicyclic) bond motifs is 1. The summed E-state index contributed by atoms with van der Waals surface area (Å²) < 4.78 is 11.3. The van der Waals surface area contributed by atoms with Crippen LogP contribution >= 0.6 is 15.9 Å². The molecule has 0 spiro atoms. The Labute approximate surface area is 111 Å². The summed E-state index contributed by atoms with van der Waals surface area (Å²) in [6.45, 7) is 0. The zero-order valence-corrected chi connectivity index (χ0v) is 11.0. The van der Waals surface area contributed by atoms with Crippen molar-refractivity contribution in [2.24, 2.45) is 0 Å². The molecule has 90 valence electrons. The Bertz CT molecular complexity index is 711. The SMILES string of the molecule is COc1cnnc(-c2noc3c(Br)cccc23)c1. The number of methoxy groups -OCH3 is 1. The second-order valence-electron chi connectivity index (χ2n) is 3.63. The van der Waals surface area contributed by atoms with Gasteiger partial charge in [0.1, 0.15) is 17.1 Å². The van der Waals surface area contributed by atoms with Gasteiger partial charge in [-0.3, -0.25) is 0 Å². The lowest BCUT2D eigenvalue weighted by Crippen LogP contribution is -1.90. The number of ether oxygens (including phenoxy) is 1. The maximum Gasteiger partial charge on any atom is 0.181 e. The van der Waals surface area contributed by atoms with E-state index in [2.05, 4.69) is 31.3 Å². The van der Waals surface area contributed by atoms with Gasteiger partial charge in [0, 0.05) is 6.07 Å². The molecule has 2 aromatic heterocycles. The second kappa shape index (κ2) is 4.38. The Hall–Kier alpha value is -1.95. The van der Waals surface area contributed by atoms with E-state index in [9.17, 15) is 0 Å². The Kier molecular flexibility index (Phi) is 2.71. The average Bonchev–Trinajstić information content (AvgIpc) is 2.84. The van der Waals surface area contributed by atoms with E-state index in [-0.39, 0.29) is 0 Å². The van der Waals surface area contributed by atoms with Crippen LogP contribution < -0.4 is 4.74 Å². The normalized spacial score (nSPS) is 10.8. The molecule has 6 heteroatoms. The van der Waals surface area contributed by atoms with Crippen LogP contribution in [0.1, 0.15) is 0 Å². The highest BCUT2D eigenvalue weighted by molar-refractivity contribution is 9.10. The predicted molar refractivity (Wildman–Crippen MR) is 69.3 cm³/mol. The number of rotatable bonds is 2. The molecule has 3 aromatic rings. The van der Waals surface area contributed by atoms with E-state index in [1.54, 1.807) is 19.4 Å². The van der Waals surface area contributed by atoms with Gasteiger partial charge in [0.25, 0.3) is 0 Å². The van der Waals surface area contributed by atoms with Gasteiger partial charge in [-0.25, -0.2) is 0 Å². The molecule has 5 nitrogen and oxygen atoms in total. The van der Waals surface area contributed by atoms with Crippen LogP contribution in [0.5, 0.6) is 5.75 Å². The fraction of sp³-hybridized carbons (Fsp3) is 0.0833. The fourth-order valence-electron chi connectivity index (χ4n) is 1.69. The lowest BCUT2D eigenvalue weighted by Gasteiger charge is -1.99. The van der Waals surface area contributed by atoms with Gasteiger partial charge in [-0.1, -0.05) is 11.2 Å². The van der Waals surface area contributed by atoms with Gasteiger partial charge in [-0.05, 0) is 28.1 Å². The predicted octanol–water partition coefficient (Wildman–Crippen LogP) is 3.06. The number of para-hydroxylation sites is 1. The zero-order valence-electron chi connectivity index (χ0n) is 9.42. The van der Waals surface area contributed by atoms with E-state index in [1.165, 1.54) is 0 Å². The van der Waals surface area contributed by atoms with Crippen molar-refractivity contribution in [3.63, 3.8) is 0 Å². The van der Waals surface area contributed by atoms with E-state index in [1.807, 2.05) is 18.2 Å². The molecule has 0 fully saturated rings. The Morgan fingerprint density at radius 2 is 2.22 bits per heavy atom. The monoisotopic (exact) mass is 305 g/mol. The van der Waals surface area contributed by atoms with Crippen LogP contribution in [-0.2, 0) is 0 Å². The highest BCUT2D eigenvalue weighted by Gasteiger charge is 2.14. The van der Waals surface area contributed by atoms with Gasteiger partial charge in [0.15, 0.2) is 5.58 Å². The summed E-state index contributed by atoms with van der Waals surface area (Å²) in [6.07, 6.45) is 1.54. The number of aromatic nitrogens is 3. The van der Waals surface area contributed by atoms with Gasteiger partial charge >= 0.3 is 0 Å². The first-order valence-corrected chi connectivity index (χ1v) is 6.00. The lowest BCUT2D eigenvalue weighted by molar-refractivity contribution is 0.411. The molecule has 2 heterocycles. The summed E-state index contributed by atoms with van der Waals surface area (Å²) in [5.74, 6) is 0.631. The summed E-state index contributed by atoms with van der Waals surface area (Å²) in [7, 11) is 1.58. The Balaban J connectivity index is 2.22. The van der Waals surface area contributed by atoms with Gasteiger partial charge < -0.3 is 9.26 Å². The molecular weight excluding hydrogens is 298 g/mol. The fourth-order valence-corrected chi connectivity index (χ4v) is 2.13. The Morgan fingerprint density at radius 3 is 3.06 bits per heavy atom. The van der Waals surface area contributed by atoms with Crippen LogP contribution in [-0.4, -0.2) is 22.5 Å². The number of nitrogens with zero attached hydrogens (tertiary/aromatic N) is 3. The summed E-state index contributed by atoms with van der Waals surface area (Å²) in [5, 5.41) is 12.8. The molecule has 3 rings (SSSR count). The summed E-state index contributed by atoms with van der Waals surface area (Å²) in [6, 6.07) is 7.51. The topological polar surface area (TPSA) is 61.0 Å². The van der Waals surface area contributed by atoms with Crippen molar-refractivity contribution in [1.29, 1.82) is 0 Å². The van der Waals surface area contributed by atoms with Crippen molar-refractivity contribution >= 4 is 26.9 Å². The molecule has 0 saturated heterocycles. The highest BCUT2D eigenvalue weighted by Crippen LogP contribution is 2.31. The minimum Gasteiger partial charge on any atom is -0.495 e. The molecule has 0 aliphatic rings. The third-order valence-electron chi connectivity index (χ3n) is 2.56. The molecule has 0 bridgehead atoms. The van der Waals surface area contributed by atoms with Crippen molar-refractivity contribution in [1.82, 2.24) is 15.4 Å². The van der Waals surface area contributed by atoms with Gasteiger partial charge in [0.05, 0.1) is 23.2 Å². The number of benzene rings is 1. The molecule has 0 saturated carbocycles. The molecule has 0 atom stereocenters. The van der Waals surface area contributed by atoms with Gasteiger partial charge in [0.2, 0.25) is 0 Å². The lowest BCUT2D eigenvalue weighted by atomic mass is 10.1. The first-order valence-electron chi connectivity index (χ1n) is 5.20. The maximum absolute atomic E-state index is 5.30. The van der Waals surface area contributed by atoms with E-state index < -0.39 is 0 Å². The first-order chi connectivity index (χ1) is 8.79. The van der Waals surface area contributed by atoms with Crippen molar-refractivity contribution in [2.75, 3.05) is 7.11 Å². The van der Waals surface area contributed by atoms with Crippen LogP contribution in [0.3, 0.4) is 0 Å². The third-order valence-corrected chi connectivity index (χ3v) is 3.18. The number of hydrogen-bond donors (Lipinski definition) is 0. The molecule has 18 heavy (non-hydrogen) atoms. The number of halogens is 1. The van der Waals surface area contributed by atoms with Crippen molar-refractivity contribution in [3.05, 3.63) is 34.9 Å². The summed E-state index contributed by atoms with van der Waals surface area (Å²) in [5.41, 5.74) is 1.96. The first kappa shape index (κ1) is 11.2. The highest BCUT2D eigenvalue weighted by atomic mass is 79.9. The second-order valence-corrected chi connectivity index (χ2v) is 4.48. The van der Waals surface area contributed by atoms with E-state index >= 15 is 0 Å². The van der Waals surface area contributed by atoms with Crippen molar-refractivity contribution < 1.29 is 9.26 Å². The van der Waals surface area contributed by atoms with Crippen LogP contribution in [0.4, 0.5) is 0 Å². The van der Waals surface area contributed by atoms with E-state index in [0.29, 0.717) is 22.7 Å². The van der Waals surface area contributed by atoms with Crippen LogP contribution in [0.2, 0.25) is 0 Å². The smallest absolute Gasteiger partial charge is 0.181 e. The van der Waals surface area contributed by atoms with Crippen LogP contribution in [0, 0.1) is 0 Å². The van der Waals surface area contributed by atoms with E-state index in [0.717, 1.165) is 9.86 Å². The maximum atomic E-state index is 5.30. The molecule has 0 aliphatic heterocycles. The molecule has 1 aromatic carbocycles. The molecule has 0 radical (unpaired) electrons. The minimum atomic E-state index is 0.617. The van der Waals surface area contributed by atoms with Gasteiger partial charge in [-0.2, -0.15) is 5.10 Å². The average molecular weight is 306 g/mol. The number of hydrogen-bond acceptors (Lipinski definition) is 5. The standard InChI is InChI=1S/C12H8BrN3O2/c1-17-7-5-10(15-14-6-7)11-8-3-2-4-9(13)12(8)18-16-11/h2-6H,1H3. The quantitative estimate of drug-likeness (QED) is 0.728. The molecule has 0 unspecified atom stereocenters. The Morgan fingerprint density at radius 1 is 1.33 bits per heavy atom. The molecule has 0 amide bonds. The van der Waals surface area contributed by atoms with Crippen molar-refractivity contribution in [3.8, 4) is 17.1 Å². The van der Waals surface area contributed by atoms with Crippen LogP contribution in [0.15, 0.2) is 39.5 Å². The van der Waals surface area contributed by atoms with Gasteiger partial charge in [-0.15, -0.1) is 5.10 Å². The molecule has 0 N–H and O–H groups in total. The van der Waals surface area contributed by atoms with Crippen molar-refractivity contribution in [2.45, 2.75) is 0 Å². The zero-order chi connectivity index (χ0) is 12.5. The third kappa shape index (κ3) is 1.74. The minimum absolute atomic E-state index is 0.617. The summed E-state index contributed by atoms with van der Waals surface area (Å²) >= 11 is 3.42. The van der Waals surface area contributed by atoms with E-state index in [4.69, 9.17) is 9.26 Å².